The van der Waals surface area contributed by atoms with E-state index in [1.165, 1.54) is 6.07 Å². The van der Waals surface area contributed by atoms with Gasteiger partial charge in [0.05, 0.1) is 13.2 Å². The minimum atomic E-state index is -4.44. The predicted molar refractivity (Wildman–Crippen MR) is 65.3 cm³/mol. The average molecular weight is 290 g/mol. The van der Waals surface area contributed by atoms with Crippen molar-refractivity contribution in [1.82, 2.24) is 0 Å². The monoisotopic (exact) mass is 290 g/mol. The molecule has 0 aliphatic carbocycles. The predicted octanol–water partition coefficient (Wildman–Crippen LogP) is 3.03. The number of aliphatic hydroxyl groups excluding tert-OH is 1. The molecule has 0 bridgehead atoms. The van der Waals surface area contributed by atoms with E-state index in [-0.39, 0.29) is 25.2 Å². The Morgan fingerprint density at radius 2 is 2.05 bits per heavy atom. The lowest BCUT2D eigenvalue weighted by Gasteiger charge is -2.16. The molecule has 1 aromatic rings. The zero-order valence-electron chi connectivity index (χ0n) is 10.8. The Bertz CT molecular complexity index is 500. The van der Waals surface area contributed by atoms with Gasteiger partial charge in [0.15, 0.2) is 6.10 Å². The maximum absolute atomic E-state index is 13.1. The van der Waals surface area contributed by atoms with Crippen LogP contribution in [0.15, 0.2) is 18.2 Å². The third-order valence-corrected chi connectivity index (χ3v) is 2.48. The lowest BCUT2D eigenvalue weighted by Crippen LogP contribution is -2.28. The van der Waals surface area contributed by atoms with Crippen molar-refractivity contribution in [2.75, 3.05) is 6.61 Å². The summed E-state index contributed by atoms with van der Waals surface area (Å²) in [6.45, 7) is 0.448. The molecule has 1 N–H and O–H groups in total. The topological polar surface area (TPSA) is 29.5 Å². The average Bonchev–Trinajstić information content (AvgIpc) is 2.36. The van der Waals surface area contributed by atoms with Crippen LogP contribution in [0.1, 0.15) is 24.5 Å². The summed E-state index contributed by atoms with van der Waals surface area (Å²) in [5, 5.41) is 8.61. The zero-order chi connectivity index (χ0) is 15.2. The number of benzene rings is 1. The number of alkyl halides is 3. The highest BCUT2D eigenvalue weighted by molar-refractivity contribution is 5.41. The van der Waals surface area contributed by atoms with E-state index in [1.807, 2.05) is 0 Å². The molecule has 0 aliphatic rings. The molecule has 110 valence electrons. The van der Waals surface area contributed by atoms with Gasteiger partial charge in [0.2, 0.25) is 0 Å². The fourth-order valence-corrected chi connectivity index (χ4v) is 1.31. The fourth-order valence-electron chi connectivity index (χ4n) is 1.31. The smallest absolute Gasteiger partial charge is 0.395 e. The van der Waals surface area contributed by atoms with E-state index in [0.29, 0.717) is 5.56 Å². The summed E-state index contributed by atoms with van der Waals surface area (Å²) in [5.41, 5.74) is 0.626. The van der Waals surface area contributed by atoms with Crippen LogP contribution in [0, 0.1) is 17.7 Å². The van der Waals surface area contributed by atoms with Crippen LogP contribution < -0.4 is 0 Å². The fraction of sp³-hybridized carbons (Fsp3) is 0.429. The highest BCUT2D eigenvalue weighted by Gasteiger charge is 2.36. The van der Waals surface area contributed by atoms with Crippen LogP contribution in [0.25, 0.3) is 0 Å². The van der Waals surface area contributed by atoms with Gasteiger partial charge in [0.1, 0.15) is 5.82 Å². The van der Waals surface area contributed by atoms with Gasteiger partial charge in [0, 0.05) is 12.0 Å². The standard InChI is InChI=1S/C14H14F4O2/c1-10(14(16,17)18)20-9-12-5-6-13(15)8-11(12)4-2-3-7-19/h5-6,8,10,19H,3,7,9H2,1H3. The summed E-state index contributed by atoms with van der Waals surface area (Å²) in [6, 6.07) is 3.59. The van der Waals surface area contributed by atoms with Gasteiger partial charge >= 0.3 is 6.18 Å². The maximum atomic E-state index is 13.1. The van der Waals surface area contributed by atoms with Crippen molar-refractivity contribution in [2.24, 2.45) is 0 Å². The van der Waals surface area contributed by atoms with E-state index in [2.05, 4.69) is 11.8 Å². The Morgan fingerprint density at radius 3 is 2.65 bits per heavy atom. The minimum Gasteiger partial charge on any atom is -0.395 e. The molecule has 2 nitrogen and oxygen atoms in total. The van der Waals surface area contributed by atoms with Crippen LogP contribution in [0.5, 0.6) is 0 Å². The van der Waals surface area contributed by atoms with Crippen LogP contribution in [0.4, 0.5) is 17.6 Å². The van der Waals surface area contributed by atoms with Crippen molar-refractivity contribution in [1.29, 1.82) is 0 Å². The van der Waals surface area contributed by atoms with Gasteiger partial charge in [-0.05, 0) is 24.6 Å². The van der Waals surface area contributed by atoms with Crippen LogP contribution in [0.2, 0.25) is 0 Å². The second-order valence-electron chi connectivity index (χ2n) is 4.07. The first-order valence-corrected chi connectivity index (χ1v) is 5.91. The van der Waals surface area contributed by atoms with Crippen LogP contribution >= 0.6 is 0 Å². The van der Waals surface area contributed by atoms with Gasteiger partial charge in [-0.3, -0.25) is 0 Å². The van der Waals surface area contributed by atoms with E-state index in [9.17, 15) is 17.6 Å². The third kappa shape index (κ3) is 5.19. The summed E-state index contributed by atoms with van der Waals surface area (Å²) in [4.78, 5) is 0. The van der Waals surface area contributed by atoms with Crippen LogP contribution in [-0.2, 0) is 11.3 Å². The lowest BCUT2D eigenvalue weighted by molar-refractivity contribution is -0.217. The molecule has 0 radical (unpaired) electrons. The van der Waals surface area contributed by atoms with E-state index in [4.69, 9.17) is 9.84 Å². The molecule has 0 aromatic heterocycles. The number of rotatable bonds is 4. The summed E-state index contributed by atoms with van der Waals surface area (Å²) in [5.74, 6) is 4.66. The summed E-state index contributed by atoms with van der Waals surface area (Å²) in [6.07, 6.45) is -6.15. The van der Waals surface area contributed by atoms with Crippen molar-refractivity contribution < 1.29 is 27.4 Å². The van der Waals surface area contributed by atoms with Gasteiger partial charge in [-0.2, -0.15) is 13.2 Å². The van der Waals surface area contributed by atoms with Crippen molar-refractivity contribution in [3.63, 3.8) is 0 Å². The van der Waals surface area contributed by atoms with Gasteiger partial charge in [-0.1, -0.05) is 17.9 Å². The molecule has 6 heteroatoms. The molecule has 1 rings (SSSR count). The number of halogens is 4. The number of ether oxygens (including phenoxy) is 1. The second-order valence-corrected chi connectivity index (χ2v) is 4.07. The molecule has 0 saturated heterocycles. The van der Waals surface area contributed by atoms with Crippen molar-refractivity contribution in [2.45, 2.75) is 32.2 Å². The molecule has 0 saturated carbocycles. The molecular formula is C14H14F4O2. The Kier molecular flexibility index (Phi) is 5.99. The number of hydrogen-bond donors (Lipinski definition) is 1. The number of aliphatic hydroxyl groups is 1. The first-order chi connectivity index (χ1) is 9.34. The van der Waals surface area contributed by atoms with E-state index >= 15 is 0 Å². The summed E-state index contributed by atoms with van der Waals surface area (Å²) < 4.78 is 54.8. The normalized spacial score (nSPS) is 12.7. The number of hydrogen-bond acceptors (Lipinski definition) is 2. The molecule has 1 atom stereocenters. The highest BCUT2D eigenvalue weighted by Crippen LogP contribution is 2.23. The molecule has 0 aliphatic heterocycles. The second kappa shape index (κ2) is 7.27. The van der Waals surface area contributed by atoms with Crippen LogP contribution in [0.3, 0.4) is 0 Å². The van der Waals surface area contributed by atoms with E-state index in [0.717, 1.165) is 19.1 Å². The molecule has 20 heavy (non-hydrogen) atoms. The van der Waals surface area contributed by atoms with E-state index in [1.54, 1.807) is 0 Å². The molecule has 0 spiro atoms. The molecule has 0 fully saturated rings. The van der Waals surface area contributed by atoms with Gasteiger partial charge in [-0.25, -0.2) is 4.39 Å². The summed E-state index contributed by atoms with van der Waals surface area (Å²) in [7, 11) is 0. The van der Waals surface area contributed by atoms with Crippen molar-refractivity contribution in [3.8, 4) is 11.8 Å². The Labute approximate surface area is 114 Å². The minimum absolute atomic E-state index is 0.140. The largest absolute Gasteiger partial charge is 0.414 e. The zero-order valence-corrected chi connectivity index (χ0v) is 10.8. The highest BCUT2D eigenvalue weighted by atomic mass is 19.4. The Morgan fingerprint density at radius 1 is 1.35 bits per heavy atom. The first-order valence-electron chi connectivity index (χ1n) is 5.91. The Balaban J connectivity index is 2.82. The maximum Gasteiger partial charge on any atom is 0.414 e. The molecule has 0 amide bonds. The Hall–Kier alpha value is -1.58. The van der Waals surface area contributed by atoms with Crippen LogP contribution in [-0.4, -0.2) is 24.0 Å². The molecule has 1 aromatic carbocycles. The van der Waals surface area contributed by atoms with Gasteiger partial charge in [-0.15, -0.1) is 0 Å². The van der Waals surface area contributed by atoms with Gasteiger partial charge in [0.25, 0.3) is 0 Å². The molecular weight excluding hydrogens is 276 g/mol. The quantitative estimate of drug-likeness (QED) is 0.682. The molecule has 1 unspecified atom stereocenters. The lowest BCUT2D eigenvalue weighted by atomic mass is 10.1. The van der Waals surface area contributed by atoms with Gasteiger partial charge < -0.3 is 9.84 Å². The van der Waals surface area contributed by atoms with Crippen molar-refractivity contribution >= 4 is 0 Å². The third-order valence-electron chi connectivity index (χ3n) is 2.48. The molecule has 0 heterocycles. The van der Waals surface area contributed by atoms with Crippen molar-refractivity contribution in [3.05, 3.63) is 35.1 Å². The SMILES string of the molecule is CC(OCc1ccc(F)cc1C#CCCO)C(F)(F)F. The first kappa shape index (κ1) is 16.5. The summed E-state index contributed by atoms with van der Waals surface area (Å²) >= 11 is 0. The van der Waals surface area contributed by atoms with E-state index < -0.39 is 18.1 Å².